The normalized spacial score (nSPS) is 17.7. The summed E-state index contributed by atoms with van der Waals surface area (Å²) >= 11 is 3.24. The van der Waals surface area contributed by atoms with E-state index in [0.717, 1.165) is 33.4 Å². The Morgan fingerprint density at radius 1 is 1.41 bits per heavy atom. The van der Waals surface area contributed by atoms with Crippen molar-refractivity contribution in [3.63, 3.8) is 0 Å². The lowest BCUT2D eigenvalue weighted by Gasteiger charge is -2.28. The maximum absolute atomic E-state index is 12.5. The molecule has 0 aliphatic carbocycles. The van der Waals surface area contributed by atoms with Crippen LogP contribution in [0, 0.1) is 13.8 Å². The van der Waals surface area contributed by atoms with E-state index in [1.807, 2.05) is 39.5 Å². The summed E-state index contributed by atoms with van der Waals surface area (Å²) in [5.41, 5.74) is 6.71. The predicted molar refractivity (Wildman–Crippen MR) is 109 cm³/mol. The number of amides is 1. The lowest BCUT2D eigenvalue weighted by Crippen LogP contribution is -2.40. The number of imidazole rings is 1. The Hall–Kier alpha value is -1.74. The van der Waals surface area contributed by atoms with E-state index >= 15 is 0 Å². The molecule has 0 radical (unpaired) electrons. The van der Waals surface area contributed by atoms with Crippen molar-refractivity contribution in [3.05, 3.63) is 21.1 Å². The zero-order valence-corrected chi connectivity index (χ0v) is 18.0. The molecule has 0 spiro atoms. The summed E-state index contributed by atoms with van der Waals surface area (Å²) in [5.74, 6) is 0.990. The van der Waals surface area contributed by atoms with Crippen LogP contribution in [0.15, 0.2) is 9.00 Å². The van der Waals surface area contributed by atoms with E-state index < -0.39 is 5.60 Å². The number of rotatable bonds is 3. The second kappa shape index (κ2) is 7.35. The molecule has 2 N–H and O–H groups in total. The molecule has 0 aromatic carbocycles. The van der Waals surface area contributed by atoms with Crippen LogP contribution in [-0.2, 0) is 4.74 Å². The summed E-state index contributed by atoms with van der Waals surface area (Å²) in [7, 11) is 0. The van der Waals surface area contributed by atoms with Crippen LogP contribution in [0.25, 0.3) is 5.69 Å². The molecular weight excluding hydrogens is 384 g/mol. The van der Waals surface area contributed by atoms with Crippen molar-refractivity contribution in [2.75, 3.05) is 18.0 Å². The first-order valence-corrected chi connectivity index (χ1v) is 10.8. The van der Waals surface area contributed by atoms with Crippen LogP contribution < -0.4 is 11.4 Å². The maximum atomic E-state index is 12.5. The van der Waals surface area contributed by atoms with Crippen LogP contribution >= 0.6 is 23.1 Å². The minimum Gasteiger partial charge on any atom is -0.444 e. The number of likely N-dealkylation sites (tertiary alicyclic amines) is 1. The average Bonchev–Trinajstić information content (AvgIpc) is 3.12. The van der Waals surface area contributed by atoms with E-state index in [0.29, 0.717) is 12.2 Å². The van der Waals surface area contributed by atoms with Gasteiger partial charge in [0.15, 0.2) is 5.82 Å². The van der Waals surface area contributed by atoms with E-state index in [1.165, 1.54) is 0 Å². The van der Waals surface area contributed by atoms with E-state index in [-0.39, 0.29) is 23.6 Å². The van der Waals surface area contributed by atoms with Crippen LogP contribution in [0.3, 0.4) is 0 Å². The summed E-state index contributed by atoms with van der Waals surface area (Å²) < 4.78 is 8.08. The monoisotopic (exact) mass is 410 g/mol. The zero-order valence-electron chi connectivity index (χ0n) is 16.4. The van der Waals surface area contributed by atoms with E-state index in [4.69, 9.17) is 10.5 Å². The van der Waals surface area contributed by atoms with Crippen molar-refractivity contribution < 1.29 is 9.53 Å². The van der Waals surface area contributed by atoms with Gasteiger partial charge < -0.3 is 15.4 Å². The van der Waals surface area contributed by atoms with Gasteiger partial charge in [0.1, 0.15) is 11.3 Å². The van der Waals surface area contributed by atoms with Crippen LogP contribution in [0.1, 0.15) is 44.2 Å². The lowest BCUT2D eigenvalue weighted by molar-refractivity contribution is 0.0242. The Kier molecular flexibility index (Phi) is 5.45. The number of ether oxygens (including phenoxy) is 1. The number of nitrogen functional groups attached to an aromatic ring is 1. The second-order valence-electron chi connectivity index (χ2n) is 7.78. The lowest BCUT2D eigenvalue weighted by atomic mass is 10.2. The molecule has 0 aromatic heterocycles. The molecule has 1 amide bonds. The van der Waals surface area contributed by atoms with Gasteiger partial charge in [0.05, 0.1) is 4.21 Å². The molecule has 0 saturated carbocycles. The first-order chi connectivity index (χ1) is 12.6. The Morgan fingerprint density at radius 2 is 2.11 bits per heavy atom. The standard InChI is InChI=1S/C18H26N4O3S2/c1-10-11(2)27-15(13-14(19)20-16(23)22(10)13)26-9-12-7-6-8-21(12)17(24)25-18(3,4)5/h12H,6-9H2,1-5H3,(H2,19,20,23)/t12-/m0/s1. The molecule has 148 valence electrons. The van der Waals surface area contributed by atoms with Gasteiger partial charge in [-0.2, -0.15) is 4.98 Å². The third kappa shape index (κ3) is 4.08. The van der Waals surface area contributed by atoms with Gasteiger partial charge >= 0.3 is 11.8 Å². The third-order valence-corrected chi connectivity index (χ3v) is 7.16. The zero-order chi connectivity index (χ0) is 19.9. The molecule has 3 heterocycles. The van der Waals surface area contributed by atoms with Crippen LogP contribution in [0.5, 0.6) is 0 Å². The summed E-state index contributed by atoms with van der Waals surface area (Å²) in [6, 6.07) is 0.106. The van der Waals surface area contributed by atoms with Crippen molar-refractivity contribution in [1.82, 2.24) is 14.5 Å². The molecule has 0 aromatic rings. The fourth-order valence-corrected chi connectivity index (χ4v) is 5.83. The quantitative estimate of drug-likeness (QED) is 0.780. The van der Waals surface area contributed by atoms with Crippen molar-refractivity contribution in [2.24, 2.45) is 0 Å². The smallest absolute Gasteiger partial charge is 0.410 e. The number of aryl methyl sites for hydroxylation is 1. The molecule has 0 bridgehead atoms. The fourth-order valence-electron chi connectivity index (χ4n) is 3.18. The van der Waals surface area contributed by atoms with Gasteiger partial charge in [-0.05, 0) is 47.5 Å². The Morgan fingerprint density at radius 3 is 2.78 bits per heavy atom. The third-order valence-electron chi connectivity index (χ3n) is 4.57. The first kappa shape index (κ1) is 20.0. The highest BCUT2D eigenvalue weighted by molar-refractivity contribution is 8.01. The largest absolute Gasteiger partial charge is 0.444 e. The number of carbonyl (C=O) groups excluding carboxylic acids is 1. The van der Waals surface area contributed by atoms with E-state index in [9.17, 15) is 9.59 Å². The van der Waals surface area contributed by atoms with Crippen molar-refractivity contribution in [3.8, 4) is 5.69 Å². The van der Waals surface area contributed by atoms with Gasteiger partial charge in [-0.25, -0.2) is 9.59 Å². The Labute approximate surface area is 167 Å². The number of nitrogens with zero attached hydrogens (tertiary/aromatic N) is 3. The fraction of sp³-hybridized carbons (Fsp3) is 0.611. The van der Waals surface area contributed by atoms with Gasteiger partial charge in [-0.3, -0.25) is 4.57 Å². The van der Waals surface area contributed by atoms with Gasteiger partial charge in [0.2, 0.25) is 0 Å². The minimum atomic E-state index is -0.504. The molecule has 7 nitrogen and oxygen atoms in total. The van der Waals surface area contributed by atoms with Crippen molar-refractivity contribution in [1.29, 1.82) is 0 Å². The molecule has 1 atom stereocenters. The molecule has 9 heteroatoms. The van der Waals surface area contributed by atoms with E-state index in [1.54, 1.807) is 27.7 Å². The molecule has 1 fully saturated rings. The Balaban J connectivity index is 1.79. The predicted octanol–water partition coefficient (Wildman–Crippen LogP) is 3.42. The number of thioether (sulfide) groups is 1. The maximum Gasteiger partial charge on any atom is 0.410 e. The van der Waals surface area contributed by atoms with Gasteiger partial charge in [-0.1, -0.05) is 0 Å². The topological polar surface area (TPSA) is 90.5 Å². The second-order valence-corrected chi connectivity index (χ2v) is 10.3. The summed E-state index contributed by atoms with van der Waals surface area (Å²) in [6.45, 7) is 10.2. The molecule has 3 aliphatic heterocycles. The van der Waals surface area contributed by atoms with Crippen molar-refractivity contribution in [2.45, 2.75) is 63.3 Å². The summed E-state index contributed by atoms with van der Waals surface area (Å²) in [5, 5.41) is 0. The highest BCUT2D eigenvalue weighted by Crippen LogP contribution is 2.38. The number of fused-ring (bicyclic) bond motifs is 1. The Bertz CT molecular complexity index is 884. The van der Waals surface area contributed by atoms with E-state index in [2.05, 4.69) is 4.98 Å². The molecule has 0 unspecified atom stereocenters. The molecule has 27 heavy (non-hydrogen) atoms. The van der Waals surface area contributed by atoms with Gasteiger partial charge in [0.25, 0.3) is 0 Å². The van der Waals surface area contributed by atoms with Crippen LogP contribution in [-0.4, -0.2) is 44.5 Å². The molecular formula is C18H26N4O3S2. The number of nitrogens with two attached hydrogens (primary N) is 1. The van der Waals surface area contributed by atoms with Crippen LogP contribution in [0.2, 0.25) is 0 Å². The number of anilines is 1. The SMILES string of the molecule is Cc1sc(SC[C@@H]2CCCN2C(=O)OC(C)(C)C)c2c(N)nc(=O)n-2c1C. The van der Waals surface area contributed by atoms with Crippen molar-refractivity contribution >= 4 is 35.0 Å². The number of aromatic nitrogens is 2. The number of hydrogen-bond acceptors (Lipinski definition) is 7. The molecule has 3 rings (SSSR count). The number of carbonyl (C=O) groups is 1. The van der Waals surface area contributed by atoms with Crippen LogP contribution in [0.4, 0.5) is 10.6 Å². The number of hydrogen-bond donors (Lipinski definition) is 1. The molecule has 3 aliphatic rings. The van der Waals surface area contributed by atoms with Gasteiger partial charge in [0, 0.05) is 28.9 Å². The highest BCUT2D eigenvalue weighted by atomic mass is 32.2. The average molecular weight is 411 g/mol. The highest BCUT2D eigenvalue weighted by Gasteiger charge is 2.33. The minimum absolute atomic E-state index is 0.106. The van der Waals surface area contributed by atoms with Gasteiger partial charge in [-0.15, -0.1) is 23.1 Å². The summed E-state index contributed by atoms with van der Waals surface area (Å²) in [4.78, 5) is 31.4. The first-order valence-electron chi connectivity index (χ1n) is 8.99. The summed E-state index contributed by atoms with van der Waals surface area (Å²) in [6.07, 6.45) is 1.65. The molecule has 1 saturated heterocycles.